The van der Waals surface area contributed by atoms with Crippen LogP contribution in [0.3, 0.4) is 0 Å². The Bertz CT molecular complexity index is 335. The summed E-state index contributed by atoms with van der Waals surface area (Å²) in [7, 11) is 0. The predicted octanol–water partition coefficient (Wildman–Crippen LogP) is 1.43. The summed E-state index contributed by atoms with van der Waals surface area (Å²) in [6.45, 7) is 4.44. The van der Waals surface area contributed by atoms with Gasteiger partial charge in [0.2, 0.25) is 0 Å². The van der Waals surface area contributed by atoms with E-state index in [1.165, 1.54) is 10.7 Å². The highest BCUT2D eigenvalue weighted by atomic mass is 35.5. The third kappa shape index (κ3) is 2.84. The van der Waals surface area contributed by atoms with Gasteiger partial charge < -0.3 is 0 Å². The van der Waals surface area contributed by atoms with Gasteiger partial charge in [0.05, 0.1) is 5.69 Å². The Morgan fingerprint density at radius 1 is 1.62 bits per heavy atom. The molecule has 0 spiro atoms. The average Bonchev–Trinajstić information content (AvgIpc) is 2.11. The molecule has 0 aromatic carbocycles. The summed E-state index contributed by atoms with van der Waals surface area (Å²) < 4.78 is 1.46. The van der Waals surface area contributed by atoms with Gasteiger partial charge in [0.25, 0.3) is 5.56 Å². The molecule has 1 aromatic rings. The van der Waals surface area contributed by atoms with Crippen LogP contribution in [0.4, 0.5) is 0 Å². The number of halogens is 1. The summed E-state index contributed by atoms with van der Waals surface area (Å²) in [5.41, 5.74) is 0.781. The molecule has 1 atom stereocenters. The summed E-state index contributed by atoms with van der Waals surface area (Å²) in [4.78, 5) is 11.3. The van der Waals surface area contributed by atoms with Crippen molar-refractivity contribution in [1.29, 1.82) is 0 Å². The van der Waals surface area contributed by atoms with E-state index in [-0.39, 0.29) is 11.5 Å². The Balaban J connectivity index is 2.87. The molecule has 4 heteroatoms. The van der Waals surface area contributed by atoms with Crippen molar-refractivity contribution >= 4 is 11.6 Å². The lowest BCUT2D eigenvalue weighted by Crippen LogP contribution is -2.25. The summed E-state index contributed by atoms with van der Waals surface area (Å²) in [5.74, 6) is 0.816. The minimum absolute atomic E-state index is 0.0671. The van der Waals surface area contributed by atoms with Gasteiger partial charge in [-0.25, -0.2) is 4.68 Å². The molecule has 0 bridgehead atoms. The normalized spacial score (nSPS) is 12.8. The molecule has 3 nitrogen and oxygen atoms in total. The van der Waals surface area contributed by atoms with Crippen molar-refractivity contribution in [3.63, 3.8) is 0 Å². The van der Waals surface area contributed by atoms with Crippen LogP contribution < -0.4 is 5.56 Å². The summed E-state index contributed by atoms with van der Waals surface area (Å²) in [5, 5.41) is 4.11. The first-order chi connectivity index (χ1) is 6.13. The van der Waals surface area contributed by atoms with Gasteiger partial charge in [-0.15, -0.1) is 11.6 Å². The van der Waals surface area contributed by atoms with Crippen LogP contribution in [0, 0.1) is 12.8 Å². The first-order valence-corrected chi connectivity index (χ1v) is 4.77. The zero-order valence-electron chi connectivity index (χ0n) is 7.83. The number of hydrogen-bond donors (Lipinski definition) is 0. The molecule has 0 N–H and O–H groups in total. The van der Waals surface area contributed by atoms with E-state index < -0.39 is 0 Å². The molecule has 0 amide bonds. The molecular formula is C9H13ClN2O. The Morgan fingerprint density at radius 3 is 2.92 bits per heavy atom. The fourth-order valence-corrected chi connectivity index (χ4v) is 1.12. The lowest BCUT2D eigenvalue weighted by atomic mass is 10.2. The number of nitrogens with zero attached hydrogens (tertiary/aromatic N) is 2. The predicted molar refractivity (Wildman–Crippen MR) is 53.1 cm³/mol. The highest BCUT2D eigenvalue weighted by Gasteiger charge is 2.03. The van der Waals surface area contributed by atoms with Crippen LogP contribution in [0.15, 0.2) is 16.9 Å². The highest BCUT2D eigenvalue weighted by molar-refractivity contribution is 6.18. The van der Waals surface area contributed by atoms with Crippen molar-refractivity contribution in [2.45, 2.75) is 20.4 Å². The number of rotatable bonds is 3. The Kier molecular flexibility index (Phi) is 3.48. The number of hydrogen-bond acceptors (Lipinski definition) is 2. The van der Waals surface area contributed by atoms with E-state index in [4.69, 9.17) is 11.6 Å². The lowest BCUT2D eigenvalue weighted by molar-refractivity contribution is 0.464. The minimum Gasteiger partial charge on any atom is -0.268 e. The van der Waals surface area contributed by atoms with E-state index in [1.54, 1.807) is 6.07 Å². The van der Waals surface area contributed by atoms with E-state index in [0.717, 1.165) is 5.69 Å². The quantitative estimate of drug-likeness (QED) is 0.692. The number of aromatic nitrogens is 2. The smallest absolute Gasteiger partial charge is 0.266 e. The van der Waals surface area contributed by atoms with E-state index >= 15 is 0 Å². The van der Waals surface area contributed by atoms with Gasteiger partial charge in [0.15, 0.2) is 0 Å². The molecule has 1 heterocycles. The zero-order valence-corrected chi connectivity index (χ0v) is 8.58. The highest BCUT2D eigenvalue weighted by Crippen LogP contribution is 1.99. The third-order valence-corrected chi connectivity index (χ3v) is 2.27. The second kappa shape index (κ2) is 4.42. The first-order valence-electron chi connectivity index (χ1n) is 4.24. The van der Waals surface area contributed by atoms with Crippen LogP contribution in [-0.4, -0.2) is 15.7 Å². The largest absolute Gasteiger partial charge is 0.268 e. The van der Waals surface area contributed by atoms with E-state index in [0.29, 0.717) is 12.4 Å². The van der Waals surface area contributed by atoms with E-state index in [2.05, 4.69) is 5.10 Å². The molecule has 0 saturated heterocycles. The van der Waals surface area contributed by atoms with Crippen molar-refractivity contribution < 1.29 is 0 Å². The second-order valence-corrected chi connectivity index (χ2v) is 3.56. The Labute approximate surface area is 82.3 Å². The fraction of sp³-hybridized carbons (Fsp3) is 0.556. The van der Waals surface area contributed by atoms with Gasteiger partial charge in [-0.1, -0.05) is 6.92 Å². The van der Waals surface area contributed by atoms with Gasteiger partial charge in [-0.2, -0.15) is 5.10 Å². The summed E-state index contributed by atoms with van der Waals surface area (Å²) in [6, 6.07) is 3.24. The summed E-state index contributed by atoms with van der Waals surface area (Å²) in [6.07, 6.45) is 0. The Morgan fingerprint density at radius 2 is 2.31 bits per heavy atom. The third-order valence-electron chi connectivity index (χ3n) is 1.75. The number of aryl methyl sites for hydroxylation is 1. The van der Waals surface area contributed by atoms with Crippen molar-refractivity contribution in [1.82, 2.24) is 9.78 Å². The van der Waals surface area contributed by atoms with Crippen molar-refractivity contribution in [3.8, 4) is 0 Å². The molecular weight excluding hydrogens is 188 g/mol. The molecule has 0 aliphatic heterocycles. The van der Waals surface area contributed by atoms with Gasteiger partial charge in [-0.05, 0) is 18.9 Å². The molecule has 13 heavy (non-hydrogen) atoms. The van der Waals surface area contributed by atoms with Crippen LogP contribution in [-0.2, 0) is 6.54 Å². The maximum Gasteiger partial charge on any atom is 0.266 e. The molecule has 72 valence electrons. The molecule has 1 aromatic heterocycles. The lowest BCUT2D eigenvalue weighted by Gasteiger charge is -2.08. The van der Waals surface area contributed by atoms with E-state index in [1.807, 2.05) is 13.8 Å². The van der Waals surface area contributed by atoms with Gasteiger partial charge in [-0.3, -0.25) is 4.79 Å². The standard InChI is InChI=1S/C9H13ClN2O/c1-7(5-10)6-12-9(13)4-3-8(2)11-12/h3-4,7H,5-6H2,1-2H3. The van der Waals surface area contributed by atoms with Gasteiger partial charge in [0, 0.05) is 18.5 Å². The average molecular weight is 201 g/mol. The second-order valence-electron chi connectivity index (χ2n) is 3.25. The number of alkyl halides is 1. The maximum absolute atomic E-state index is 11.3. The van der Waals surface area contributed by atoms with Crippen LogP contribution in [0.25, 0.3) is 0 Å². The molecule has 0 aliphatic rings. The first kappa shape index (κ1) is 10.3. The SMILES string of the molecule is Cc1ccc(=O)n(CC(C)CCl)n1. The van der Waals surface area contributed by atoms with E-state index in [9.17, 15) is 4.79 Å². The van der Waals surface area contributed by atoms with Crippen molar-refractivity contribution in [2.75, 3.05) is 5.88 Å². The molecule has 1 rings (SSSR count). The van der Waals surface area contributed by atoms with Crippen molar-refractivity contribution in [3.05, 3.63) is 28.2 Å². The molecule has 1 unspecified atom stereocenters. The molecule has 0 fully saturated rings. The van der Waals surface area contributed by atoms with Gasteiger partial charge in [0.1, 0.15) is 0 Å². The monoisotopic (exact) mass is 200 g/mol. The zero-order chi connectivity index (χ0) is 9.84. The molecule has 0 aliphatic carbocycles. The van der Waals surface area contributed by atoms with Crippen LogP contribution >= 0.6 is 11.6 Å². The topological polar surface area (TPSA) is 34.9 Å². The molecule has 0 radical (unpaired) electrons. The van der Waals surface area contributed by atoms with Crippen LogP contribution in [0.2, 0.25) is 0 Å². The fourth-order valence-electron chi connectivity index (χ4n) is 1.03. The summed E-state index contributed by atoms with van der Waals surface area (Å²) >= 11 is 5.65. The molecule has 0 saturated carbocycles. The van der Waals surface area contributed by atoms with Gasteiger partial charge >= 0.3 is 0 Å². The van der Waals surface area contributed by atoms with Crippen molar-refractivity contribution in [2.24, 2.45) is 5.92 Å². The Hall–Kier alpha value is -0.830. The minimum atomic E-state index is -0.0671. The van der Waals surface area contributed by atoms with Crippen LogP contribution in [0.5, 0.6) is 0 Å². The van der Waals surface area contributed by atoms with Crippen LogP contribution in [0.1, 0.15) is 12.6 Å². The maximum atomic E-state index is 11.3.